The van der Waals surface area contributed by atoms with Crippen LogP contribution in [0.3, 0.4) is 0 Å². The maximum Gasteiger partial charge on any atom is 0.325 e. The van der Waals surface area contributed by atoms with Crippen molar-refractivity contribution in [2.75, 3.05) is 19.8 Å². The molecule has 3 atom stereocenters. The summed E-state index contributed by atoms with van der Waals surface area (Å²) >= 11 is 0. The molecule has 0 saturated carbocycles. The summed E-state index contributed by atoms with van der Waals surface area (Å²) in [6.45, 7) is 12.1. The van der Waals surface area contributed by atoms with Crippen molar-refractivity contribution in [1.82, 2.24) is 10.6 Å². The molecule has 0 aromatic carbocycles. The van der Waals surface area contributed by atoms with Crippen LogP contribution in [0.4, 0.5) is 0 Å². The van der Waals surface area contributed by atoms with Crippen LogP contribution in [0, 0.1) is 22.7 Å². The zero-order valence-corrected chi connectivity index (χ0v) is 17.7. The largest absolute Gasteiger partial charge is 0.480 e. The molecule has 0 rings (SSSR count). The van der Waals surface area contributed by atoms with Crippen molar-refractivity contribution in [3.63, 3.8) is 0 Å². The van der Waals surface area contributed by atoms with Crippen LogP contribution in [0.2, 0.25) is 0 Å². The number of carbonyl (C=O) groups is 2. The Balaban J connectivity index is 4.64. The van der Waals surface area contributed by atoms with E-state index in [1.54, 1.807) is 0 Å². The van der Waals surface area contributed by atoms with Gasteiger partial charge >= 0.3 is 5.97 Å². The molecule has 0 aromatic rings. The number of carboxylic acid groups (broad SMARTS) is 1. The number of aliphatic carboxylic acids is 1. The van der Waals surface area contributed by atoms with Gasteiger partial charge in [0, 0.05) is 24.5 Å². The fourth-order valence-electron chi connectivity index (χ4n) is 2.43. The number of azide groups is 1. The van der Waals surface area contributed by atoms with Crippen LogP contribution in [0.5, 0.6) is 0 Å². The molecule has 3 unspecified atom stereocenters. The van der Waals surface area contributed by atoms with E-state index in [1.807, 2.05) is 34.6 Å². The summed E-state index contributed by atoms with van der Waals surface area (Å²) in [6.07, 6.45) is 0.364. The summed E-state index contributed by atoms with van der Waals surface area (Å²) in [7, 11) is 0. The van der Waals surface area contributed by atoms with Crippen molar-refractivity contribution in [3.8, 4) is 0 Å². The first-order valence-electron chi connectivity index (χ1n) is 9.35. The molecular weight excluding hydrogens is 364 g/mol. The second-order valence-electron chi connectivity index (χ2n) is 8.29. The minimum Gasteiger partial charge on any atom is -0.480 e. The standard InChI is InChI=1S/C18H34N6O4/c1-11(2)15(16(25)22-13(4)17(26)27)23-14(19)7-18(5,6)10-28-9-12(3)8-21-24-20/h11-13,15H,7-10H2,1-6H3,(H2,19,23)(H,22,25)(H,26,27). The lowest BCUT2D eigenvalue weighted by molar-refractivity contribution is -0.141. The summed E-state index contributed by atoms with van der Waals surface area (Å²) < 4.78 is 5.68. The Morgan fingerprint density at radius 2 is 1.86 bits per heavy atom. The Morgan fingerprint density at radius 1 is 1.25 bits per heavy atom. The third-order valence-corrected chi connectivity index (χ3v) is 4.02. The highest BCUT2D eigenvalue weighted by Gasteiger charge is 2.28. The van der Waals surface area contributed by atoms with Gasteiger partial charge < -0.3 is 20.5 Å². The molecule has 0 heterocycles. The Morgan fingerprint density at radius 3 is 2.36 bits per heavy atom. The molecule has 0 aliphatic carbocycles. The minimum atomic E-state index is -1.11. The number of carboxylic acids is 1. The number of amidine groups is 1. The van der Waals surface area contributed by atoms with Crippen LogP contribution in [-0.2, 0) is 14.3 Å². The van der Waals surface area contributed by atoms with E-state index >= 15 is 0 Å². The Kier molecular flexibility index (Phi) is 11.2. The Hall–Kier alpha value is -2.32. The van der Waals surface area contributed by atoms with E-state index in [0.29, 0.717) is 26.2 Å². The predicted molar refractivity (Wildman–Crippen MR) is 107 cm³/mol. The number of amides is 1. The average Bonchev–Trinajstić information content (AvgIpc) is 2.56. The van der Waals surface area contributed by atoms with Gasteiger partial charge in [-0.1, -0.05) is 39.7 Å². The van der Waals surface area contributed by atoms with Gasteiger partial charge in [0.15, 0.2) is 0 Å². The van der Waals surface area contributed by atoms with Crippen molar-refractivity contribution in [2.45, 2.75) is 60.0 Å². The SMILES string of the molecule is CC(CN=[N+]=[N-])COCC(C)(C)CC(=N)NC(C(=O)NC(C)C(=O)O)C(C)C. The number of rotatable bonds is 13. The average molecular weight is 399 g/mol. The molecule has 0 fully saturated rings. The van der Waals surface area contributed by atoms with E-state index in [-0.39, 0.29) is 23.1 Å². The highest BCUT2D eigenvalue weighted by atomic mass is 16.5. The third-order valence-electron chi connectivity index (χ3n) is 4.02. The number of ether oxygens (including phenoxy) is 1. The lowest BCUT2D eigenvalue weighted by Crippen LogP contribution is -2.53. The maximum absolute atomic E-state index is 12.3. The van der Waals surface area contributed by atoms with Gasteiger partial charge in [-0.25, -0.2) is 0 Å². The topological polar surface area (TPSA) is 160 Å². The molecular formula is C18H34N6O4. The van der Waals surface area contributed by atoms with Crippen LogP contribution >= 0.6 is 0 Å². The lowest BCUT2D eigenvalue weighted by Gasteiger charge is -2.29. The summed E-state index contributed by atoms with van der Waals surface area (Å²) in [5.41, 5.74) is 7.98. The molecule has 4 N–H and O–H groups in total. The zero-order valence-electron chi connectivity index (χ0n) is 17.7. The highest BCUT2D eigenvalue weighted by Crippen LogP contribution is 2.21. The van der Waals surface area contributed by atoms with Gasteiger partial charge in [-0.15, -0.1) is 0 Å². The number of nitrogens with one attached hydrogen (secondary N) is 3. The van der Waals surface area contributed by atoms with E-state index in [4.69, 9.17) is 20.8 Å². The second-order valence-corrected chi connectivity index (χ2v) is 8.29. The van der Waals surface area contributed by atoms with Crippen LogP contribution < -0.4 is 10.6 Å². The van der Waals surface area contributed by atoms with E-state index in [2.05, 4.69) is 20.7 Å². The van der Waals surface area contributed by atoms with Crippen molar-refractivity contribution in [3.05, 3.63) is 10.4 Å². The first kappa shape index (κ1) is 25.7. The second kappa shape index (κ2) is 12.2. The molecule has 0 aliphatic heterocycles. The number of nitrogens with zero attached hydrogens (tertiary/aromatic N) is 3. The normalized spacial score (nSPS) is 14.5. The molecule has 1 amide bonds. The van der Waals surface area contributed by atoms with E-state index < -0.39 is 24.0 Å². The molecule has 0 bridgehead atoms. The third kappa shape index (κ3) is 10.7. The van der Waals surface area contributed by atoms with Gasteiger partial charge in [-0.3, -0.25) is 15.0 Å². The Bertz CT molecular complexity index is 587. The monoisotopic (exact) mass is 398 g/mol. The van der Waals surface area contributed by atoms with Crippen LogP contribution in [0.1, 0.15) is 48.0 Å². The quantitative estimate of drug-likeness (QED) is 0.123. The van der Waals surface area contributed by atoms with Crippen molar-refractivity contribution in [2.24, 2.45) is 22.4 Å². The van der Waals surface area contributed by atoms with Crippen molar-refractivity contribution in [1.29, 1.82) is 5.41 Å². The number of hydrogen-bond acceptors (Lipinski definition) is 5. The van der Waals surface area contributed by atoms with Gasteiger partial charge in [0.1, 0.15) is 12.1 Å². The molecule has 0 radical (unpaired) electrons. The first-order chi connectivity index (χ1) is 12.9. The van der Waals surface area contributed by atoms with Crippen LogP contribution in [0.25, 0.3) is 10.4 Å². The smallest absolute Gasteiger partial charge is 0.325 e. The van der Waals surface area contributed by atoms with Gasteiger partial charge in [-0.05, 0) is 29.7 Å². The first-order valence-corrected chi connectivity index (χ1v) is 9.35. The molecule has 0 spiro atoms. The molecule has 0 saturated heterocycles. The number of carbonyl (C=O) groups excluding carboxylic acids is 1. The summed E-state index contributed by atoms with van der Waals surface area (Å²) in [6, 6.07) is -1.70. The lowest BCUT2D eigenvalue weighted by atomic mass is 9.89. The molecule has 10 nitrogen and oxygen atoms in total. The van der Waals surface area contributed by atoms with Gasteiger partial charge in [0.2, 0.25) is 5.91 Å². The Labute approximate surface area is 166 Å². The number of hydrogen-bond donors (Lipinski definition) is 4. The predicted octanol–water partition coefficient (Wildman–Crippen LogP) is 2.55. The minimum absolute atomic E-state index is 0.106. The van der Waals surface area contributed by atoms with E-state index in [1.165, 1.54) is 6.92 Å². The summed E-state index contributed by atoms with van der Waals surface area (Å²) in [5.74, 6) is -1.39. The van der Waals surface area contributed by atoms with Gasteiger partial charge in [0.05, 0.1) is 12.4 Å². The maximum atomic E-state index is 12.3. The molecule has 10 heteroatoms. The van der Waals surface area contributed by atoms with E-state index in [0.717, 1.165) is 0 Å². The summed E-state index contributed by atoms with van der Waals surface area (Å²) in [5, 5.41) is 26.0. The molecule has 160 valence electrons. The molecule has 0 aliphatic rings. The zero-order chi connectivity index (χ0) is 21.9. The van der Waals surface area contributed by atoms with Crippen molar-refractivity contribution < 1.29 is 19.4 Å². The molecule has 28 heavy (non-hydrogen) atoms. The van der Waals surface area contributed by atoms with E-state index in [9.17, 15) is 9.59 Å². The van der Waals surface area contributed by atoms with Gasteiger partial charge in [0.25, 0.3) is 0 Å². The fraction of sp³-hybridized carbons (Fsp3) is 0.833. The van der Waals surface area contributed by atoms with Crippen LogP contribution in [-0.4, -0.2) is 54.7 Å². The van der Waals surface area contributed by atoms with Crippen LogP contribution in [0.15, 0.2) is 5.11 Å². The highest BCUT2D eigenvalue weighted by molar-refractivity contribution is 5.91. The molecule has 0 aromatic heterocycles. The summed E-state index contributed by atoms with van der Waals surface area (Å²) in [4.78, 5) is 26.0. The van der Waals surface area contributed by atoms with Crippen molar-refractivity contribution >= 4 is 17.7 Å². The fourth-order valence-corrected chi connectivity index (χ4v) is 2.43. The van der Waals surface area contributed by atoms with Gasteiger partial charge in [-0.2, -0.15) is 0 Å².